The van der Waals surface area contributed by atoms with E-state index in [2.05, 4.69) is 11.5 Å². The van der Waals surface area contributed by atoms with Gasteiger partial charge in [-0.15, -0.1) is 6.58 Å². The molecule has 1 spiro atoms. The molecule has 1 aliphatic carbocycles. The quantitative estimate of drug-likeness (QED) is 0.606. The number of ether oxygens (including phenoxy) is 2. The zero-order valence-electron chi connectivity index (χ0n) is 18.8. The Hall–Kier alpha value is -2.10. The Kier molecular flexibility index (Phi) is 6.14. The van der Waals surface area contributed by atoms with Crippen LogP contribution in [0.4, 0.5) is 5.69 Å². The van der Waals surface area contributed by atoms with Crippen LogP contribution < -0.4 is 14.8 Å². The Morgan fingerprint density at radius 2 is 2.12 bits per heavy atom. The van der Waals surface area contributed by atoms with Crippen LogP contribution in [0, 0.1) is 11.8 Å². The molecule has 0 bridgehead atoms. The largest absolute Gasteiger partial charge is 0.488 e. The minimum Gasteiger partial charge on any atom is -0.488 e. The van der Waals surface area contributed by atoms with Crippen molar-refractivity contribution >= 4 is 27.3 Å². The molecule has 9 heteroatoms. The van der Waals surface area contributed by atoms with Crippen LogP contribution in [-0.2, 0) is 26.8 Å². The Bertz CT molecular complexity index is 1220. The van der Waals surface area contributed by atoms with Gasteiger partial charge in [-0.1, -0.05) is 23.7 Å². The normalized spacial score (nSPS) is 27.1. The van der Waals surface area contributed by atoms with Crippen molar-refractivity contribution in [1.29, 1.82) is 0 Å². The van der Waals surface area contributed by atoms with Crippen LogP contribution in [0.2, 0.25) is 5.02 Å². The number of hydrogen-bond donors (Lipinski definition) is 2. The van der Waals surface area contributed by atoms with E-state index in [0.29, 0.717) is 36.2 Å². The summed E-state index contributed by atoms with van der Waals surface area (Å²) in [4.78, 5) is 2.16. The first-order valence-corrected chi connectivity index (χ1v) is 13.4. The lowest BCUT2D eigenvalue weighted by molar-refractivity contribution is -0.0794. The molecule has 0 unspecified atom stereocenters. The van der Waals surface area contributed by atoms with E-state index in [0.717, 1.165) is 30.4 Å². The van der Waals surface area contributed by atoms with Crippen LogP contribution in [0.3, 0.4) is 0 Å². The number of primary sulfonamides is 1. The van der Waals surface area contributed by atoms with Gasteiger partial charge in [-0.25, -0.2) is 13.6 Å². The molecule has 3 aliphatic rings. The molecule has 0 saturated heterocycles. The molecule has 2 aromatic carbocycles. The van der Waals surface area contributed by atoms with E-state index >= 15 is 0 Å². The van der Waals surface area contributed by atoms with Gasteiger partial charge >= 0.3 is 0 Å². The smallest absolute Gasteiger partial charge is 0.238 e. The number of aliphatic hydroxyl groups excluding tert-OH is 1. The molecule has 2 aromatic rings. The number of nitrogens with zero attached hydrogens (tertiary/aromatic N) is 1. The van der Waals surface area contributed by atoms with Crippen molar-refractivity contribution in [2.75, 3.05) is 31.2 Å². The standard InChI is InChI=1S/C25H29ClN2O5S/c1-2-23(29)20-6-3-17(20)13-28-14-25(21-7-4-18(26)11-16(21)9-10-33-25)15-32-24-8-5-19(12-22(24)28)34(27,30)31/h2,4-5,7-8,11-12,17,20,23,29H,1,3,6,9-10,13-15H2,(H2,27,30,31)/t17-,20+,23+,25+/m0/s1. The molecule has 1 saturated carbocycles. The van der Waals surface area contributed by atoms with Gasteiger partial charge in [0.15, 0.2) is 0 Å². The van der Waals surface area contributed by atoms with Crippen molar-refractivity contribution in [3.63, 3.8) is 0 Å². The maximum absolute atomic E-state index is 12.1. The summed E-state index contributed by atoms with van der Waals surface area (Å²) < 4.78 is 36.9. The fourth-order valence-corrected chi connectivity index (χ4v) is 6.19. The van der Waals surface area contributed by atoms with Crippen LogP contribution in [0.15, 0.2) is 53.9 Å². The van der Waals surface area contributed by atoms with E-state index in [4.69, 9.17) is 26.2 Å². The number of benzene rings is 2. The molecule has 34 heavy (non-hydrogen) atoms. The number of sulfonamides is 1. The van der Waals surface area contributed by atoms with Gasteiger partial charge in [0.25, 0.3) is 0 Å². The highest BCUT2D eigenvalue weighted by Gasteiger charge is 2.45. The third-order valence-electron chi connectivity index (χ3n) is 7.43. The fraction of sp³-hybridized carbons (Fsp3) is 0.440. The lowest BCUT2D eigenvalue weighted by Gasteiger charge is -2.45. The van der Waals surface area contributed by atoms with E-state index in [-0.39, 0.29) is 23.3 Å². The molecule has 2 heterocycles. The monoisotopic (exact) mass is 504 g/mol. The minimum absolute atomic E-state index is 0.0313. The van der Waals surface area contributed by atoms with E-state index in [1.54, 1.807) is 18.2 Å². The number of fused-ring (bicyclic) bond motifs is 3. The van der Waals surface area contributed by atoms with Crippen LogP contribution in [0.25, 0.3) is 0 Å². The Balaban J connectivity index is 1.57. The number of halogens is 1. The van der Waals surface area contributed by atoms with Gasteiger partial charge in [-0.3, -0.25) is 0 Å². The van der Waals surface area contributed by atoms with Crippen molar-refractivity contribution in [1.82, 2.24) is 0 Å². The molecule has 1 fully saturated rings. The molecular weight excluding hydrogens is 476 g/mol. The predicted octanol–water partition coefficient (Wildman–Crippen LogP) is 3.23. The highest BCUT2D eigenvalue weighted by Crippen LogP contribution is 2.45. The second kappa shape index (κ2) is 8.84. The van der Waals surface area contributed by atoms with Crippen molar-refractivity contribution < 1.29 is 23.0 Å². The second-order valence-corrected chi connectivity index (χ2v) is 11.5. The molecule has 3 N–H and O–H groups in total. The number of aliphatic hydroxyl groups is 1. The van der Waals surface area contributed by atoms with Crippen molar-refractivity contribution in [3.05, 3.63) is 65.2 Å². The van der Waals surface area contributed by atoms with E-state index in [1.165, 1.54) is 6.07 Å². The summed E-state index contributed by atoms with van der Waals surface area (Å²) in [5.74, 6) is 0.914. The number of nitrogens with two attached hydrogens (primary N) is 1. The molecular formula is C25H29ClN2O5S. The zero-order valence-corrected chi connectivity index (χ0v) is 20.4. The van der Waals surface area contributed by atoms with Gasteiger partial charge in [-0.05, 0) is 72.6 Å². The lowest BCUT2D eigenvalue weighted by Crippen LogP contribution is -2.51. The second-order valence-electron chi connectivity index (χ2n) is 9.47. The van der Waals surface area contributed by atoms with Gasteiger partial charge in [0.05, 0.1) is 29.8 Å². The van der Waals surface area contributed by atoms with Crippen LogP contribution in [0.5, 0.6) is 5.75 Å². The summed E-state index contributed by atoms with van der Waals surface area (Å²) >= 11 is 6.27. The van der Waals surface area contributed by atoms with Crippen LogP contribution in [0.1, 0.15) is 24.0 Å². The minimum atomic E-state index is -3.89. The fourth-order valence-electron chi connectivity index (χ4n) is 5.47. The van der Waals surface area contributed by atoms with Gasteiger partial charge in [-0.2, -0.15) is 0 Å². The van der Waals surface area contributed by atoms with Gasteiger partial charge in [0, 0.05) is 11.6 Å². The van der Waals surface area contributed by atoms with Gasteiger partial charge in [0.1, 0.15) is 18.0 Å². The number of anilines is 1. The molecule has 5 rings (SSSR count). The summed E-state index contributed by atoms with van der Waals surface area (Å²) in [6.45, 7) is 5.64. The molecule has 2 aliphatic heterocycles. The lowest BCUT2D eigenvalue weighted by atomic mass is 9.70. The molecule has 7 nitrogen and oxygen atoms in total. The average Bonchev–Trinajstić information content (AvgIpc) is 2.93. The van der Waals surface area contributed by atoms with E-state index < -0.39 is 21.7 Å². The predicted molar refractivity (Wildman–Crippen MR) is 131 cm³/mol. The van der Waals surface area contributed by atoms with Crippen molar-refractivity contribution in [2.24, 2.45) is 17.0 Å². The molecule has 4 atom stereocenters. The molecule has 0 radical (unpaired) electrons. The average molecular weight is 505 g/mol. The van der Waals surface area contributed by atoms with E-state index in [1.807, 2.05) is 18.2 Å². The first-order valence-electron chi connectivity index (χ1n) is 11.5. The number of rotatable bonds is 5. The first kappa shape index (κ1) is 23.6. The first-order chi connectivity index (χ1) is 16.2. The summed E-state index contributed by atoms with van der Waals surface area (Å²) in [5.41, 5.74) is 2.08. The highest BCUT2D eigenvalue weighted by molar-refractivity contribution is 7.89. The Morgan fingerprint density at radius 3 is 2.82 bits per heavy atom. The number of hydrogen-bond acceptors (Lipinski definition) is 6. The topological polar surface area (TPSA) is 102 Å². The van der Waals surface area contributed by atoms with Crippen LogP contribution >= 0.6 is 11.6 Å². The highest BCUT2D eigenvalue weighted by atomic mass is 35.5. The third kappa shape index (κ3) is 4.22. The maximum atomic E-state index is 12.1. The Labute approximate surface area is 205 Å². The van der Waals surface area contributed by atoms with Crippen LogP contribution in [-0.4, -0.2) is 45.9 Å². The molecule has 0 aromatic heterocycles. The van der Waals surface area contributed by atoms with E-state index in [9.17, 15) is 13.5 Å². The van der Waals surface area contributed by atoms with Crippen molar-refractivity contribution in [3.8, 4) is 5.75 Å². The maximum Gasteiger partial charge on any atom is 0.238 e. The van der Waals surface area contributed by atoms with Crippen molar-refractivity contribution in [2.45, 2.75) is 35.9 Å². The molecule has 182 valence electrons. The summed E-state index contributed by atoms with van der Waals surface area (Å²) in [6.07, 6.45) is 3.67. The zero-order chi connectivity index (χ0) is 24.1. The van der Waals surface area contributed by atoms with Gasteiger partial charge < -0.3 is 19.5 Å². The SMILES string of the molecule is C=C[C@@H](O)[C@@H]1CC[C@H]1CN1C[C@]2(COc3ccc(S(N)(=O)=O)cc31)OCCc1cc(Cl)ccc12. The summed E-state index contributed by atoms with van der Waals surface area (Å²) in [6, 6.07) is 10.5. The summed E-state index contributed by atoms with van der Waals surface area (Å²) in [7, 11) is -3.89. The van der Waals surface area contributed by atoms with Gasteiger partial charge in [0.2, 0.25) is 10.0 Å². The summed E-state index contributed by atoms with van der Waals surface area (Å²) in [5, 5.41) is 16.5. The Morgan fingerprint density at radius 1 is 1.29 bits per heavy atom. The molecule has 0 amide bonds. The third-order valence-corrected chi connectivity index (χ3v) is 8.57.